The van der Waals surface area contributed by atoms with Gasteiger partial charge in [0.25, 0.3) is 0 Å². The molecule has 1 aromatic carbocycles. The molecule has 2 heterocycles. The van der Waals surface area contributed by atoms with Crippen molar-refractivity contribution in [2.45, 2.75) is 55.5 Å². The van der Waals surface area contributed by atoms with Gasteiger partial charge in [0.05, 0.1) is 0 Å². The molecule has 2 aromatic heterocycles. The zero-order valence-electron chi connectivity index (χ0n) is 16.5. The monoisotopic (exact) mass is 400 g/mol. The maximum Gasteiger partial charge on any atom is 0.226 e. The first-order valence-electron chi connectivity index (χ1n) is 9.06. The Labute approximate surface area is 168 Å². The van der Waals surface area contributed by atoms with E-state index >= 15 is 0 Å². The van der Waals surface area contributed by atoms with Crippen molar-refractivity contribution >= 4 is 23.4 Å². The Kier molecular flexibility index (Phi) is 6.13. The summed E-state index contributed by atoms with van der Waals surface area (Å²) in [5, 5.41) is 15.6. The highest BCUT2D eigenvalue weighted by Gasteiger charge is 2.20. The summed E-state index contributed by atoms with van der Waals surface area (Å²) in [5.74, 6) is 1.22. The second-order valence-electron chi connectivity index (χ2n) is 7.51. The van der Waals surface area contributed by atoms with Crippen LogP contribution >= 0.6 is 11.8 Å². The summed E-state index contributed by atoms with van der Waals surface area (Å²) < 4.78 is 7.10. The number of carbonyl (C=O) groups excluding carboxylic acids is 1. The summed E-state index contributed by atoms with van der Waals surface area (Å²) in [6.07, 6.45) is 3.29. The van der Waals surface area contributed by atoms with Gasteiger partial charge in [0, 0.05) is 35.9 Å². The number of hydrogen-bond donors (Lipinski definition) is 1. The number of aryl methyl sites for hydroxylation is 2. The Morgan fingerprint density at radius 2 is 2.00 bits per heavy atom. The second-order valence-corrected chi connectivity index (χ2v) is 8.55. The number of nitrogens with one attached hydrogen (secondary N) is 1. The third kappa shape index (κ3) is 5.41. The fourth-order valence-electron chi connectivity index (χ4n) is 2.36. The van der Waals surface area contributed by atoms with Gasteiger partial charge < -0.3 is 14.4 Å². The zero-order chi connectivity index (χ0) is 20.1. The smallest absolute Gasteiger partial charge is 0.226 e. The molecular formula is C19H24N6O2S. The largest absolute Gasteiger partial charge is 0.339 e. The van der Waals surface area contributed by atoms with E-state index in [-0.39, 0.29) is 11.3 Å². The lowest BCUT2D eigenvalue weighted by atomic mass is 9.96. The molecule has 0 saturated carbocycles. The van der Waals surface area contributed by atoms with Crippen LogP contribution in [-0.4, -0.2) is 30.8 Å². The lowest BCUT2D eigenvalue weighted by Crippen LogP contribution is -2.13. The van der Waals surface area contributed by atoms with Crippen LogP contribution in [0, 0.1) is 0 Å². The quantitative estimate of drug-likeness (QED) is 0.647. The van der Waals surface area contributed by atoms with Crippen molar-refractivity contribution in [1.29, 1.82) is 0 Å². The molecule has 0 aliphatic heterocycles. The first-order valence-corrected chi connectivity index (χ1v) is 9.88. The summed E-state index contributed by atoms with van der Waals surface area (Å²) in [7, 11) is 1.90. The minimum absolute atomic E-state index is 0.0377. The van der Waals surface area contributed by atoms with E-state index in [0.29, 0.717) is 31.0 Å². The maximum atomic E-state index is 12.1. The highest BCUT2D eigenvalue weighted by molar-refractivity contribution is 7.99. The number of nitrogens with zero attached hydrogens (tertiary/aromatic N) is 5. The maximum absolute atomic E-state index is 12.1. The number of carbonyl (C=O) groups is 1. The lowest BCUT2D eigenvalue weighted by Gasteiger charge is -2.10. The van der Waals surface area contributed by atoms with Crippen molar-refractivity contribution < 1.29 is 9.32 Å². The molecule has 3 aromatic rings. The van der Waals surface area contributed by atoms with E-state index in [1.807, 2.05) is 56.7 Å². The normalized spacial score (nSPS) is 11.6. The molecule has 0 radical (unpaired) electrons. The molecule has 0 unspecified atom stereocenters. The zero-order valence-corrected chi connectivity index (χ0v) is 17.3. The molecule has 1 N–H and O–H groups in total. The van der Waals surface area contributed by atoms with E-state index in [1.165, 1.54) is 11.8 Å². The summed E-state index contributed by atoms with van der Waals surface area (Å²) in [4.78, 5) is 17.6. The van der Waals surface area contributed by atoms with Crippen molar-refractivity contribution in [3.63, 3.8) is 0 Å². The number of amides is 1. The van der Waals surface area contributed by atoms with E-state index in [2.05, 4.69) is 25.7 Å². The number of hydrogen-bond acceptors (Lipinski definition) is 7. The molecule has 0 bridgehead atoms. The number of rotatable bonds is 7. The fraction of sp³-hybridized carbons (Fsp3) is 0.421. The number of benzene rings is 1. The van der Waals surface area contributed by atoms with Gasteiger partial charge in [-0.1, -0.05) is 25.9 Å². The second kappa shape index (κ2) is 8.55. The molecule has 28 heavy (non-hydrogen) atoms. The summed E-state index contributed by atoms with van der Waals surface area (Å²) in [5.41, 5.74) is 0.622. The Bertz CT molecular complexity index is 927. The molecule has 0 aliphatic rings. The first-order chi connectivity index (χ1) is 13.3. The molecular weight excluding hydrogens is 376 g/mol. The van der Waals surface area contributed by atoms with Gasteiger partial charge in [-0.15, -0.1) is 10.2 Å². The van der Waals surface area contributed by atoms with Crippen molar-refractivity contribution in [3.05, 3.63) is 42.3 Å². The van der Waals surface area contributed by atoms with E-state index in [9.17, 15) is 4.79 Å². The Balaban J connectivity index is 1.44. The number of anilines is 1. The van der Waals surface area contributed by atoms with Crippen LogP contribution in [0.25, 0.3) is 0 Å². The predicted molar refractivity (Wildman–Crippen MR) is 106 cm³/mol. The van der Waals surface area contributed by atoms with Crippen LogP contribution in [0.4, 0.5) is 5.69 Å². The van der Waals surface area contributed by atoms with Gasteiger partial charge in [-0.2, -0.15) is 4.98 Å². The van der Waals surface area contributed by atoms with Gasteiger partial charge in [0.1, 0.15) is 6.33 Å². The van der Waals surface area contributed by atoms with E-state index in [1.54, 1.807) is 6.33 Å². The molecule has 0 fully saturated rings. The molecule has 9 heteroatoms. The Morgan fingerprint density at radius 1 is 1.25 bits per heavy atom. The summed E-state index contributed by atoms with van der Waals surface area (Å²) in [6, 6.07) is 7.65. The third-order valence-electron chi connectivity index (χ3n) is 3.95. The molecule has 1 amide bonds. The van der Waals surface area contributed by atoms with Crippen molar-refractivity contribution in [2.75, 3.05) is 5.32 Å². The standard InChI is InChI=1S/C19H24N6O2S/c1-19(2,3)17-22-16(27-24-17)7-5-6-15(26)21-13-8-10-14(11-9-13)28-18-23-20-12-25(18)4/h8-12H,5-7H2,1-4H3,(H,21,26). The average Bonchev–Trinajstić information content (AvgIpc) is 3.26. The van der Waals surface area contributed by atoms with Gasteiger partial charge in [0.15, 0.2) is 11.0 Å². The minimum Gasteiger partial charge on any atom is -0.339 e. The van der Waals surface area contributed by atoms with Crippen LogP contribution in [0.5, 0.6) is 0 Å². The van der Waals surface area contributed by atoms with Crippen LogP contribution in [0.1, 0.15) is 45.3 Å². The summed E-state index contributed by atoms with van der Waals surface area (Å²) in [6.45, 7) is 6.10. The Morgan fingerprint density at radius 3 is 2.61 bits per heavy atom. The minimum atomic E-state index is -0.142. The number of aromatic nitrogens is 5. The van der Waals surface area contributed by atoms with Crippen LogP contribution in [0.15, 0.2) is 45.2 Å². The van der Waals surface area contributed by atoms with Gasteiger partial charge >= 0.3 is 0 Å². The molecule has 8 nitrogen and oxygen atoms in total. The van der Waals surface area contributed by atoms with Crippen molar-refractivity contribution in [3.8, 4) is 0 Å². The van der Waals surface area contributed by atoms with Crippen molar-refractivity contribution in [2.24, 2.45) is 7.05 Å². The van der Waals surface area contributed by atoms with E-state index < -0.39 is 0 Å². The molecule has 0 atom stereocenters. The first kappa shape index (κ1) is 20.1. The Hall–Kier alpha value is -2.68. The van der Waals surface area contributed by atoms with Gasteiger partial charge in [-0.25, -0.2) is 0 Å². The topological polar surface area (TPSA) is 98.7 Å². The average molecular weight is 401 g/mol. The van der Waals surface area contributed by atoms with Gasteiger partial charge in [-0.3, -0.25) is 4.79 Å². The van der Waals surface area contributed by atoms with Gasteiger partial charge in [0.2, 0.25) is 11.8 Å². The van der Waals surface area contributed by atoms with Crippen LogP contribution < -0.4 is 5.32 Å². The molecule has 3 rings (SSSR count). The highest BCUT2D eigenvalue weighted by Crippen LogP contribution is 2.26. The highest BCUT2D eigenvalue weighted by atomic mass is 32.2. The van der Waals surface area contributed by atoms with Crippen LogP contribution in [0.3, 0.4) is 0 Å². The summed E-state index contributed by atoms with van der Waals surface area (Å²) >= 11 is 1.52. The van der Waals surface area contributed by atoms with Gasteiger partial charge in [-0.05, 0) is 42.4 Å². The molecule has 148 valence electrons. The fourth-order valence-corrected chi connectivity index (χ4v) is 3.12. The van der Waals surface area contributed by atoms with Crippen LogP contribution in [-0.2, 0) is 23.7 Å². The van der Waals surface area contributed by atoms with E-state index in [0.717, 1.165) is 15.7 Å². The third-order valence-corrected chi connectivity index (χ3v) is 5.01. The molecule has 0 spiro atoms. The SMILES string of the molecule is Cn1cnnc1Sc1ccc(NC(=O)CCCc2nc(C(C)(C)C)no2)cc1. The van der Waals surface area contributed by atoms with Crippen molar-refractivity contribution in [1.82, 2.24) is 24.9 Å². The van der Waals surface area contributed by atoms with E-state index in [4.69, 9.17) is 4.52 Å². The molecule has 0 aliphatic carbocycles. The lowest BCUT2D eigenvalue weighted by molar-refractivity contribution is -0.116. The molecule has 0 saturated heterocycles. The predicted octanol–water partition coefficient (Wildman–Crippen LogP) is 3.61. The van der Waals surface area contributed by atoms with Crippen LogP contribution in [0.2, 0.25) is 0 Å².